The minimum atomic E-state index is -0.106. The average molecular weight is 602 g/mol. The Labute approximate surface area is 273 Å². The van der Waals surface area contributed by atoms with E-state index in [1.54, 1.807) is 0 Å². The van der Waals surface area contributed by atoms with Gasteiger partial charge >= 0.3 is 0 Å². The lowest BCUT2D eigenvalue weighted by molar-refractivity contribution is 0.660. The Balaban J connectivity index is 1.33. The Hall–Kier alpha value is -5.86. The summed E-state index contributed by atoms with van der Waals surface area (Å²) in [6.45, 7) is 4.71. The van der Waals surface area contributed by atoms with E-state index < -0.39 is 0 Å². The SMILES string of the molecule is CC1(C)c2ccccc2-c2c(N(c3ccc(-c4ccccc4)cc3)c3ccc4oc5cccc6c7ccccc7c3c4c56)cccc21. The number of benzene rings is 8. The zero-order chi connectivity index (χ0) is 31.3. The Morgan fingerprint density at radius 3 is 1.94 bits per heavy atom. The monoisotopic (exact) mass is 601 g/mol. The lowest BCUT2D eigenvalue weighted by Gasteiger charge is -2.30. The van der Waals surface area contributed by atoms with E-state index in [0.29, 0.717) is 0 Å². The second-order valence-corrected chi connectivity index (χ2v) is 13.3. The number of furan rings is 1. The standard InChI is InChI=1S/C45H31NO/c1-45(2)35-18-9-8-16-34(35)41-36(45)19-11-20-37(41)46(30-24-22-29(23-25-30)28-12-4-3-5-13-28)38-26-27-40-44-42(38)32-15-7-6-14-31(32)33-17-10-21-39(47-40)43(33)44/h3-27H,1-2H3. The van der Waals surface area contributed by atoms with Crippen LogP contribution < -0.4 is 4.90 Å². The van der Waals surface area contributed by atoms with Crippen LogP contribution in [0.15, 0.2) is 156 Å². The van der Waals surface area contributed by atoms with Crippen molar-refractivity contribution in [2.45, 2.75) is 19.3 Å². The molecule has 0 aliphatic heterocycles. The molecule has 222 valence electrons. The molecule has 0 saturated carbocycles. The Morgan fingerprint density at radius 1 is 0.447 bits per heavy atom. The number of anilines is 3. The third kappa shape index (κ3) is 3.61. The molecule has 1 aliphatic carbocycles. The maximum absolute atomic E-state index is 6.53. The molecule has 0 saturated heterocycles. The zero-order valence-electron chi connectivity index (χ0n) is 26.3. The molecule has 0 fully saturated rings. The molecule has 1 heterocycles. The van der Waals surface area contributed by atoms with Gasteiger partial charge in [-0.2, -0.15) is 0 Å². The molecule has 0 radical (unpaired) electrons. The normalized spacial score (nSPS) is 13.5. The average Bonchev–Trinajstić information content (AvgIpc) is 3.62. The summed E-state index contributed by atoms with van der Waals surface area (Å²) in [4.78, 5) is 2.49. The van der Waals surface area contributed by atoms with E-state index in [2.05, 4.69) is 170 Å². The van der Waals surface area contributed by atoms with Gasteiger partial charge in [-0.25, -0.2) is 0 Å². The molecule has 1 aliphatic rings. The fourth-order valence-electron chi connectivity index (χ4n) is 8.28. The van der Waals surface area contributed by atoms with Gasteiger partial charge in [0.15, 0.2) is 0 Å². The van der Waals surface area contributed by atoms with Crippen LogP contribution >= 0.6 is 0 Å². The summed E-state index contributed by atoms with van der Waals surface area (Å²) in [5.41, 5.74) is 12.9. The molecule has 47 heavy (non-hydrogen) atoms. The van der Waals surface area contributed by atoms with Crippen LogP contribution in [0.2, 0.25) is 0 Å². The first kappa shape index (κ1) is 26.4. The lowest BCUT2D eigenvalue weighted by Crippen LogP contribution is -2.16. The van der Waals surface area contributed by atoms with Gasteiger partial charge in [-0.3, -0.25) is 0 Å². The quantitative estimate of drug-likeness (QED) is 0.187. The van der Waals surface area contributed by atoms with Gasteiger partial charge in [0, 0.05) is 32.8 Å². The van der Waals surface area contributed by atoms with Gasteiger partial charge in [0.05, 0.1) is 11.4 Å². The van der Waals surface area contributed by atoms with Crippen LogP contribution in [0.25, 0.3) is 65.7 Å². The molecule has 10 rings (SSSR count). The Morgan fingerprint density at radius 2 is 1.09 bits per heavy atom. The van der Waals surface area contributed by atoms with Crippen LogP contribution in [0.1, 0.15) is 25.0 Å². The summed E-state index contributed by atoms with van der Waals surface area (Å²) in [5.74, 6) is 0. The van der Waals surface area contributed by atoms with Gasteiger partial charge < -0.3 is 9.32 Å². The summed E-state index contributed by atoms with van der Waals surface area (Å²) >= 11 is 0. The highest BCUT2D eigenvalue weighted by atomic mass is 16.3. The fraction of sp³-hybridized carbons (Fsp3) is 0.0667. The minimum absolute atomic E-state index is 0.106. The first-order chi connectivity index (χ1) is 23.1. The predicted molar refractivity (Wildman–Crippen MR) is 198 cm³/mol. The molecule has 0 amide bonds. The van der Waals surface area contributed by atoms with Crippen molar-refractivity contribution < 1.29 is 4.42 Å². The summed E-state index contributed by atoms with van der Waals surface area (Å²) in [7, 11) is 0. The fourth-order valence-corrected chi connectivity index (χ4v) is 8.28. The molecule has 8 aromatic carbocycles. The highest BCUT2D eigenvalue weighted by Crippen LogP contribution is 2.56. The van der Waals surface area contributed by atoms with E-state index in [4.69, 9.17) is 4.42 Å². The summed E-state index contributed by atoms with van der Waals surface area (Å²) < 4.78 is 6.53. The van der Waals surface area contributed by atoms with Crippen molar-refractivity contribution in [3.8, 4) is 22.3 Å². The van der Waals surface area contributed by atoms with E-state index in [-0.39, 0.29) is 5.41 Å². The van der Waals surface area contributed by atoms with Gasteiger partial charge in [0.2, 0.25) is 0 Å². The second kappa shape index (κ2) is 9.57. The third-order valence-corrected chi connectivity index (χ3v) is 10.4. The molecule has 0 N–H and O–H groups in total. The van der Waals surface area contributed by atoms with Gasteiger partial charge in [-0.05, 0) is 80.4 Å². The molecule has 1 aromatic heterocycles. The van der Waals surface area contributed by atoms with Gasteiger partial charge in [-0.1, -0.05) is 129 Å². The largest absolute Gasteiger partial charge is 0.456 e. The van der Waals surface area contributed by atoms with Gasteiger partial charge in [-0.15, -0.1) is 0 Å². The van der Waals surface area contributed by atoms with Crippen LogP contribution in [0.4, 0.5) is 17.1 Å². The highest BCUT2D eigenvalue weighted by molar-refractivity contribution is 6.35. The summed E-state index contributed by atoms with van der Waals surface area (Å²) in [6.07, 6.45) is 0. The van der Waals surface area contributed by atoms with E-state index >= 15 is 0 Å². The molecule has 0 unspecified atom stereocenters. The van der Waals surface area contributed by atoms with Crippen LogP contribution in [0.5, 0.6) is 0 Å². The number of nitrogens with zero attached hydrogens (tertiary/aromatic N) is 1. The van der Waals surface area contributed by atoms with Crippen LogP contribution in [0, 0.1) is 0 Å². The summed E-state index contributed by atoms with van der Waals surface area (Å²) in [5, 5.41) is 7.30. The Kier molecular flexibility index (Phi) is 5.37. The van der Waals surface area contributed by atoms with Crippen LogP contribution in [-0.2, 0) is 5.41 Å². The predicted octanol–water partition coefficient (Wildman–Crippen LogP) is 12.8. The van der Waals surface area contributed by atoms with Gasteiger partial charge in [0.1, 0.15) is 11.2 Å². The van der Waals surface area contributed by atoms with Crippen molar-refractivity contribution in [1.82, 2.24) is 0 Å². The van der Waals surface area contributed by atoms with Gasteiger partial charge in [0.25, 0.3) is 0 Å². The van der Waals surface area contributed by atoms with E-state index in [1.165, 1.54) is 71.4 Å². The zero-order valence-corrected chi connectivity index (χ0v) is 26.3. The minimum Gasteiger partial charge on any atom is -0.456 e. The lowest BCUT2D eigenvalue weighted by atomic mass is 9.82. The van der Waals surface area contributed by atoms with Crippen LogP contribution in [-0.4, -0.2) is 0 Å². The van der Waals surface area contributed by atoms with E-state index in [9.17, 15) is 0 Å². The van der Waals surface area contributed by atoms with Crippen molar-refractivity contribution in [2.75, 3.05) is 4.90 Å². The molecular formula is C45H31NO. The second-order valence-electron chi connectivity index (χ2n) is 13.3. The van der Waals surface area contributed by atoms with Crippen molar-refractivity contribution >= 4 is 60.5 Å². The number of rotatable bonds is 4. The topological polar surface area (TPSA) is 16.4 Å². The molecule has 0 atom stereocenters. The molecular weight excluding hydrogens is 571 g/mol. The number of hydrogen-bond donors (Lipinski definition) is 0. The highest BCUT2D eigenvalue weighted by Gasteiger charge is 2.38. The number of fused-ring (bicyclic) bond motifs is 6. The molecule has 0 spiro atoms. The van der Waals surface area contributed by atoms with Crippen molar-refractivity contribution in [2.24, 2.45) is 0 Å². The Bertz CT molecular complexity index is 2640. The maximum Gasteiger partial charge on any atom is 0.136 e. The van der Waals surface area contributed by atoms with E-state index in [0.717, 1.165) is 22.5 Å². The molecule has 2 nitrogen and oxygen atoms in total. The summed E-state index contributed by atoms with van der Waals surface area (Å²) in [6, 6.07) is 55.1. The van der Waals surface area contributed by atoms with Crippen molar-refractivity contribution in [3.05, 3.63) is 163 Å². The third-order valence-electron chi connectivity index (χ3n) is 10.4. The molecule has 9 aromatic rings. The van der Waals surface area contributed by atoms with Crippen molar-refractivity contribution in [3.63, 3.8) is 0 Å². The van der Waals surface area contributed by atoms with E-state index in [1.807, 2.05) is 0 Å². The first-order valence-electron chi connectivity index (χ1n) is 16.4. The number of hydrogen-bond acceptors (Lipinski definition) is 2. The van der Waals surface area contributed by atoms with Crippen molar-refractivity contribution in [1.29, 1.82) is 0 Å². The maximum atomic E-state index is 6.53. The van der Waals surface area contributed by atoms with Crippen LogP contribution in [0.3, 0.4) is 0 Å². The first-order valence-corrected chi connectivity index (χ1v) is 16.4. The smallest absolute Gasteiger partial charge is 0.136 e. The molecule has 0 bridgehead atoms. The molecule has 2 heteroatoms.